The maximum absolute atomic E-state index is 13.0. The molecule has 1 aromatic heterocycles. The SMILES string of the molecule is COc1c(C)cnc(Cn2nc3cc(CC(=O)N4CCC(O)CC4)c4c-3c(n2)C(N)=NSC4)c1C. The highest BCUT2D eigenvalue weighted by molar-refractivity contribution is 7.97. The number of amidine groups is 1. The van der Waals surface area contributed by atoms with E-state index in [0.717, 1.165) is 45.0 Å². The molecule has 1 amide bonds. The van der Waals surface area contributed by atoms with E-state index in [-0.39, 0.29) is 18.4 Å². The second-order valence-corrected chi connectivity index (χ2v) is 9.80. The van der Waals surface area contributed by atoms with Crippen LogP contribution >= 0.6 is 11.9 Å². The fraction of sp³-hybridized carbons (Fsp3) is 0.458. The summed E-state index contributed by atoms with van der Waals surface area (Å²) in [6.45, 7) is 5.44. The summed E-state index contributed by atoms with van der Waals surface area (Å²) in [5, 5.41) is 19.2. The molecule has 0 radical (unpaired) electrons. The number of hydrogen-bond acceptors (Lipinski definition) is 9. The Kier molecular flexibility index (Phi) is 6.37. The highest BCUT2D eigenvalue weighted by atomic mass is 32.2. The number of aromatic nitrogens is 4. The van der Waals surface area contributed by atoms with Crippen molar-refractivity contribution in [1.82, 2.24) is 24.9 Å². The zero-order chi connectivity index (χ0) is 24.7. The van der Waals surface area contributed by atoms with Crippen LogP contribution in [0.3, 0.4) is 0 Å². The molecule has 1 saturated heterocycles. The van der Waals surface area contributed by atoms with Crippen molar-refractivity contribution in [3.8, 4) is 17.0 Å². The van der Waals surface area contributed by atoms with Crippen LogP contribution in [0.25, 0.3) is 11.3 Å². The van der Waals surface area contributed by atoms with Crippen LogP contribution in [0, 0.1) is 13.8 Å². The van der Waals surface area contributed by atoms with Crippen molar-refractivity contribution in [1.29, 1.82) is 0 Å². The van der Waals surface area contributed by atoms with Gasteiger partial charge in [-0.2, -0.15) is 19.4 Å². The summed E-state index contributed by atoms with van der Waals surface area (Å²) >= 11 is 1.35. The third-order valence-corrected chi connectivity index (χ3v) is 7.49. The highest BCUT2D eigenvalue weighted by Gasteiger charge is 2.29. The van der Waals surface area contributed by atoms with Crippen LogP contribution in [-0.4, -0.2) is 68.0 Å². The molecule has 10 nitrogen and oxygen atoms in total. The lowest BCUT2D eigenvalue weighted by molar-refractivity contribution is -0.132. The smallest absolute Gasteiger partial charge is 0.227 e. The van der Waals surface area contributed by atoms with Crippen molar-refractivity contribution in [2.45, 2.75) is 51.5 Å². The number of piperidine rings is 1. The lowest BCUT2D eigenvalue weighted by atomic mass is 10.0. The van der Waals surface area contributed by atoms with Crippen molar-refractivity contribution < 1.29 is 14.6 Å². The van der Waals surface area contributed by atoms with Crippen LogP contribution in [0.5, 0.6) is 5.75 Å². The highest BCUT2D eigenvalue weighted by Crippen LogP contribution is 2.38. The number of pyridine rings is 1. The molecule has 0 unspecified atom stereocenters. The predicted molar refractivity (Wildman–Crippen MR) is 134 cm³/mol. The van der Waals surface area contributed by atoms with Gasteiger partial charge in [-0.1, -0.05) is 0 Å². The van der Waals surface area contributed by atoms with Gasteiger partial charge in [-0.05, 0) is 55.8 Å². The Labute approximate surface area is 208 Å². The van der Waals surface area contributed by atoms with E-state index in [4.69, 9.17) is 20.7 Å². The van der Waals surface area contributed by atoms with Gasteiger partial charge in [-0.3, -0.25) is 9.78 Å². The quantitative estimate of drug-likeness (QED) is 0.513. The normalized spacial score (nSPS) is 16.3. The Morgan fingerprint density at radius 2 is 2.06 bits per heavy atom. The molecule has 0 bridgehead atoms. The molecule has 4 aliphatic rings. The van der Waals surface area contributed by atoms with Gasteiger partial charge in [0.15, 0.2) is 5.84 Å². The molecule has 0 saturated carbocycles. The number of aryl methyl sites for hydroxylation is 1. The fourth-order valence-corrected chi connectivity index (χ4v) is 5.58. The molecule has 0 aromatic carbocycles. The van der Waals surface area contributed by atoms with E-state index in [2.05, 4.69) is 9.38 Å². The predicted octanol–water partition coefficient (Wildman–Crippen LogP) is 1.84. The average molecular weight is 496 g/mol. The Bertz CT molecular complexity index is 1280. The summed E-state index contributed by atoms with van der Waals surface area (Å²) in [5.74, 6) is 1.80. The number of likely N-dealkylation sites (tertiary alicyclic amines) is 1. The third-order valence-electron chi connectivity index (χ3n) is 6.75. The van der Waals surface area contributed by atoms with E-state index in [9.17, 15) is 9.90 Å². The van der Waals surface area contributed by atoms with E-state index < -0.39 is 0 Å². The molecule has 1 fully saturated rings. The molecule has 5 rings (SSSR count). The molecule has 184 valence electrons. The van der Waals surface area contributed by atoms with Gasteiger partial charge in [0, 0.05) is 41.7 Å². The number of nitrogens with two attached hydrogens (primary N) is 1. The number of nitrogens with zero attached hydrogens (tertiary/aromatic N) is 6. The number of carbonyl (C=O) groups excluding carboxylic acids is 1. The van der Waals surface area contributed by atoms with E-state index in [1.807, 2.05) is 24.8 Å². The van der Waals surface area contributed by atoms with Crippen molar-refractivity contribution in [2.24, 2.45) is 10.1 Å². The third kappa shape index (κ3) is 4.45. The van der Waals surface area contributed by atoms with Crippen molar-refractivity contribution in [2.75, 3.05) is 20.2 Å². The minimum atomic E-state index is -0.318. The molecule has 4 heterocycles. The Morgan fingerprint density at radius 1 is 1.29 bits per heavy atom. The summed E-state index contributed by atoms with van der Waals surface area (Å²) < 4.78 is 9.95. The number of methoxy groups -OCH3 is 1. The molecule has 1 aromatic rings. The number of aliphatic hydroxyl groups is 1. The van der Waals surface area contributed by atoms with Gasteiger partial charge in [-0.25, -0.2) is 0 Å². The van der Waals surface area contributed by atoms with E-state index in [0.29, 0.717) is 49.8 Å². The van der Waals surface area contributed by atoms with E-state index in [1.165, 1.54) is 11.9 Å². The van der Waals surface area contributed by atoms with Crippen LogP contribution in [0.1, 0.15) is 46.5 Å². The van der Waals surface area contributed by atoms with Gasteiger partial charge in [0.25, 0.3) is 0 Å². The number of carbonyl (C=O) groups is 1. The number of amides is 1. The average Bonchev–Trinajstić information content (AvgIpc) is 3.07. The van der Waals surface area contributed by atoms with Crippen LogP contribution in [0.2, 0.25) is 0 Å². The first-order valence-corrected chi connectivity index (χ1v) is 12.6. The Morgan fingerprint density at radius 3 is 2.80 bits per heavy atom. The first-order valence-electron chi connectivity index (χ1n) is 11.7. The second kappa shape index (κ2) is 9.46. The van der Waals surface area contributed by atoms with Crippen molar-refractivity contribution >= 4 is 23.7 Å². The summed E-state index contributed by atoms with van der Waals surface area (Å²) in [6, 6.07) is 1.97. The number of rotatable bonds is 5. The summed E-state index contributed by atoms with van der Waals surface area (Å²) in [4.78, 5) is 21.0. The summed E-state index contributed by atoms with van der Waals surface area (Å²) in [5.41, 5.74) is 13.1. The second-order valence-electron chi connectivity index (χ2n) is 9.07. The molecule has 11 heteroatoms. The van der Waals surface area contributed by atoms with Gasteiger partial charge in [0.05, 0.1) is 31.0 Å². The van der Waals surface area contributed by atoms with Crippen LogP contribution in [0.4, 0.5) is 0 Å². The zero-order valence-corrected chi connectivity index (χ0v) is 20.9. The molecule has 1 aliphatic carbocycles. The lowest BCUT2D eigenvalue weighted by Gasteiger charge is -2.29. The molecule has 0 atom stereocenters. The maximum Gasteiger partial charge on any atom is 0.227 e. The minimum Gasteiger partial charge on any atom is -0.496 e. The van der Waals surface area contributed by atoms with Gasteiger partial charge in [-0.15, -0.1) is 0 Å². The van der Waals surface area contributed by atoms with Crippen LogP contribution < -0.4 is 10.5 Å². The lowest BCUT2D eigenvalue weighted by Crippen LogP contribution is -2.40. The van der Waals surface area contributed by atoms with Crippen LogP contribution in [0.15, 0.2) is 16.7 Å². The largest absolute Gasteiger partial charge is 0.496 e. The standard InChI is InChI=1S/C24H29N7O3S/c1-13-10-26-19(14(2)23(13)34-3)11-31-27-18-8-15(9-20(33)30-6-4-16(32)5-7-30)17-12-35-29-24(25)22(28-31)21(17)18/h8,10,16,32H,4-7,9,11-12H2,1-3H3,(H2,25,29). The van der Waals surface area contributed by atoms with Gasteiger partial charge >= 0.3 is 0 Å². The Balaban J connectivity index is 1.51. The number of hydrogen-bond donors (Lipinski definition) is 2. The minimum absolute atomic E-state index is 0.0561. The van der Waals surface area contributed by atoms with E-state index in [1.54, 1.807) is 18.1 Å². The number of aliphatic hydroxyl groups excluding tert-OH is 1. The van der Waals surface area contributed by atoms with Gasteiger partial charge < -0.3 is 20.5 Å². The molecular weight excluding hydrogens is 466 g/mol. The fourth-order valence-electron chi connectivity index (χ4n) is 4.83. The Hall–Kier alpha value is -3.18. The maximum atomic E-state index is 13.0. The first-order chi connectivity index (χ1) is 16.9. The van der Waals surface area contributed by atoms with Crippen molar-refractivity contribution in [3.63, 3.8) is 0 Å². The number of ether oxygens (including phenoxy) is 1. The van der Waals surface area contributed by atoms with Crippen LogP contribution in [-0.2, 0) is 23.5 Å². The molecule has 0 spiro atoms. The van der Waals surface area contributed by atoms with E-state index >= 15 is 0 Å². The molecule has 35 heavy (non-hydrogen) atoms. The topological polar surface area (TPSA) is 132 Å². The monoisotopic (exact) mass is 495 g/mol. The van der Waals surface area contributed by atoms with Gasteiger partial charge in [0.2, 0.25) is 5.91 Å². The van der Waals surface area contributed by atoms with Crippen molar-refractivity contribution in [3.05, 3.63) is 45.9 Å². The summed E-state index contributed by atoms with van der Waals surface area (Å²) in [6.07, 6.45) is 2.98. The summed E-state index contributed by atoms with van der Waals surface area (Å²) in [7, 11) is 1.65. The zero-order valence-electron chi connectivity index (χ0n) is 20.1. The molecule has 3 N–H and O–H groups in total. The molecular formula is C24H29N7O3S. The molecule has 3 aliphatic heterocycles. The first kappa shape index (κ1) is 23.6. The van der Waals surface area contributed by atoms with Gasteiger partial charge in [0.1, 0.15) is 18.0 Å².